The Hall–Kier alpha value is -1.64. The Balaban J connectivity index is 1.96. The van der Waals surface area contributed by atoms with E-state index in [9.17, 15) is 9.59 Å². The van der Waals surface area contributed by atoms with Crippen molar-refractivity contribution in [2.75, 3.05) is 11.4 Å². The van der Waals surface area contributed by atoms with Crippen LogP contribution in [0.5, 0.6) is 0 Å². The minimum absolute atomic E-state index is 0.130. The van der Waals surface area contributed by atoms with Gasteiger partial charge in [0, 0.05) is 30.1 Å². The third kappa shape index (κ3) is 1.57. The van der Waals surface area contributed by atoms with Gasteiger partial charge in [0.2, 0.25) is 5.91 Å². The fourth-order valence-corrected chi connectivity index (χ4v) is 2.69. The highest BCUT2D eigenvalue weighted by Gasteiger charge is 2.30. The molecule has 1 amide bonds. The Labute approximate surface area is 100 Å². The SMILES string of the molecule is C[C@H]1CCN(c2ccc3c(c2)CCC3=O)C1=O. The number of benzene rings is 1. The molecule has 1 fully saturated rings. The number of rotatable bonds is 1. The molecule has 1 aromatic rings. The molecular formula is C14H15NO2. The van der Waals surface area contributed by atoms with Gasteiger partial charge >= 0.3 is 0 Å². The zero-order valence-corrected chi connectivity index (χ0v) is 9.90. The molecule has 0 spiro atoms. The summed E-state index contributed by atoms with van der Waals surface area (Å²) in [6.07, 6.45) is 2.36. The average Bonchev–Trinajstić information content (AvgIpc) is 2.85. The third-order valence-electron chi connectivity index (χ3n) is 3.80. The van der Waals surface area contributed by atoms with Crippen LogP contribution in [0.25, 0.3) is 0 Å². The van der Waals surface area contributed by atoms with Crippen LogP contribution in [0.4, 0.5) is 5.69 Å². The topological polar surface area (TPSA) is 37.4 Å². The van der Waals surface area contributed by atoms with Crippen LogP contribution in [0.1, 0.15) is 35.7 Å². The third-order valence-corrected chi connectivity index (χ3v) is 3.80. The van der Waals surface area contributed by atoms with Crippen molar-refractivity contribution < 1.29 is 9.59 Å². The summed E-state index contributed by atoms with van der Waals surface area (Å²) in [5.74, 6) is 0.562. The molecule has 1 saturated heterocycles. The van der Waals surface area contributed by atoms with Gasteiger partial charge in [-0.2, -0.15) is 0 Å². The van der Waals surface area contributed by atoms with Gasteiger partial charge in [0.1, 0.15) is 0 Å². The van der Waals surface area contributed by atoms with Crippen LogP contribution in [0, 0.1) is 5.92 Å². The molecule has 17 heavy (non-hydrogen) atoms. The zero-order chi connectivity index (χ0) is 12.0. The Bertz CT molecular complexity index is 507. The number of aryl methyl sites for hydroxylation is 1. The zero-order valence-electron chi connectivity index (χ0n) is 9.90. The van der Waals surface area contributed by atoms with E-state index in [4.69, 9.17) is 0 Å². The number of carbonyl (C=O) groups is 2. The second kappa shape index (κ2) is 3.69. The van der Waals surface area contributed by atoms with Crippen LogP contribution in [0.2, 0.25) is 0 Å². The first-order chi connectivity index (χ1) is 8.16. The van der Waals surface area contributed by atoms with Gasteiger partial charge in [-0.05, 0) is 36.6 Å². The van der Waals surface area contributed by atoms with E-state index in [1.54, 1.807) is 0 Å². The van der Waals surface area contributed by atoms with Gasteiger partial charge in [-0.25, -0.2) is 0 Å². The van der Waals surface area contributed by atoms with Crippen LogP contribution in [-0.4, -0.2) is 18.2 Å². The summed E-state index contributed by atoms with van der Waals surface area (Å²) < 4.78 is 0. The van der Waals surface area contributed by atoms with Crippen molar-refractivity contribution in [1.82, 2.24) is 0 Å². The first kappa shape index (κ1) is 10.5. The van der Waals surface area contributed by atoms with Crippen molar-refractivity contribution >= 4 is 17.4 Å². The second-order valence-electron chi connectivity index (χ2n) is 4.94. The summed E-state index contributed by atoms with van der Waals surface area (Å²) in [7, 11) is 0. The Morgan fingerprint density at radius 3 is 2.76 bits per heavy atom. The second-order valence-corrected chi connectivity index (χ2v) is 4.94. The van der Waals surface area contributed by atoms with Crippen molar-refractivity contribution in [3.63, 3.8) is 0 Å². The number of carbonyl (C=O) groups excluding carboxylic acids is 2. The van der Waals surface area contributed by atoms with E-state index in [2.05, 4.69) is 0 Å². The standard InChI is InChI=1S/C14H15NO2/c1-9-6-7-15(14(9)17)11-3-4-12-10(8-11)2-5-13(12)16/h3-4,8-9H,2,5-7H2,1H3/t9-/m0/s1. The summed E-state index contributed by atoms with van der Waals surface area (Å²) in [6, 6.07) is 5.78. The van der Waals surface area contributed by atoms with Crippen LogP contribution in [0.15, 0.2) is 18.2 Å². The van der Waals surface area contributed by atoms with Crippen LogP contribution >= 0.6 is 0 Å². The predicted molar refractivity (Wildman–Crippen MR) is 65.2 cm³/mol. The van der Waals surface area contributed by atoms with E-state index in [0.29, 0.717) is 6.42 Å². The van der Waals surface area contributed by atoms with Gasteiger partial charge in [-0.3, -0.25) is 9.59 Å². The molecule has 1 aliphatic carbocycles. The number of anilines is 1. The largest absolute Gasteiger partial charge is 0.312 e. The lowest BCUT2D eigenvalue weighted by Crippen LogP contribution is -2.26. The maximum Gasteiger partial charge on any atom is 0.229 e. The molecule has 0 saturated carbocycles. The van der Waals surface area contributed by atoms with Gasteiger partial charge in [0.05, 0.1) is 0 Å². The van der Waals surface area contributed by atoms with Crippen molar-refractivity contribution in [3.8, 4) is 0 Å². The first-order valence-corrected chi connectivity index (χ1v) is 6.14. The van der Waals surface area contributed by atoms with Gasteiger partial charge in [-0.15, -0.1) is 0 Å². The number of hydrogen-bond acceptors (Lipinski definition) is 2. The maximum atomic E-state index is 11.9. The number of ketones is 1. The smallest absolute Gasteiger partial charge is 0.229 e. The van der Waals surface area contributed by atoms with Crippen molar-refractivity contribution in [3.05, 3.63) is 29.3 Å². The maximum absolute atomic E-state index is 11.9. The van der Waals surface area contributed by atoms with Crippen LogP contribution < -0.4 is 4.90 Å². The van der Waals surface area contributed by atoms with Gasteiger partial charge in [0.25, 0.3) is 0 Å². The molecule has 88 valence electrons. The Morgan fingerprint density at radius 2 is 2.06 bits per heavy atom. The van der Waals surface area contributed by atoms with Crippen molar-refractivity contribution in [1.29, 1.82) is 0 Å². The molecule has 0 aromatic heterocycles. The number of hydrogen-bond donors (Lipinski definition) is 0. The number of nitrogens with zero attached hydrogens (tertiary/aromatic N) is 1. The highest BCUT2D eigenvalue weighted by molar-refractivity contribution is 6.02. The number of Topliss-reactive ketones (excluding diaryl/α,β-unsaturated/α-hetero) is 1. The van der Waals surface area contributed by atoms with Gasteiger partial charge in [-0.1, -0.05) is 6.92 Å². The van der Waals surface area contributed by atoms with E-state index in [0.717, 1.165) is 36.2 Å². The fourth-order valence-electron chi connectivity index (χ4n) is 2.69. The van der Waals surface area contributed by atoms with E-state index in [-0.39, 0.29) is 17.6 Å². The molecular weight excluding hydrogens is 214 g/mol. The van der Waals surface area contributed by atoms with E-state index >= 15 is 0 Å². The lowest BCUT2D eigenvalue weighted by Gasteiger charge is -2.17. The summed E-state index contributed by atoms with van der Waals surface area (Å²) >= 11 is 0. The van der Waals surface area contributed by atoms with Crippen LogP contribution in [0.3, 0.4) is 0 Å². The molecule has 1 heterocycles. The molecule has 3 nitrogen and oxygen atoms in total. The summed E-state index contributed by atoms with van der Waals surface area (Å²) in [4.78, 5) is 25.3. The van der Waals surface area contributed by atoms with Gasteiger partial charge in [0.15, 0.2) is 5.78 Å². The molecule has 0 unspecified atom stereocenters. The van der Waals surface area contributed by atoms with Crippen molar-refractivity contribution in [2.45, 2.75) is 26.2 Å². The molecule has 0 radical (unpaired) electrons. The molecule has 0 bridgehead atoms. The van der Waals surface area contributed by atoms with E-state index in [1.807, 2.05) is 30.0 Å². The minimum Gasteiger partial charge on any atom is -0.312 e. The minimum atomic E-state index is 0.130. The highest BCUT2D eigenvalue weighted by atomic mass is 16.2. The van der Waals surface area contributed by atoms with Crippen molar-refractivity contribution in [2.24, 2.45) is 5.92 Å². The molecule has 0 N–H and O–H groups in total. The molecule has 1 atom stereocenters. The average molecular weight is 229 g/mol. The molecule has 3 heteroatoms. The Kier molecular flexibility index (Phi) is 2.28. The van der Waals surface area contributed by atoms with Crippen LogP contribution in [-0.2, 0) is 11.2 Å². The Morgan fingerprint density at radius 1 is 1.24 bits per heavy atom. The lowest BCUT2D eigenvalue weighted by molar-refractivity contribution is -0.119. The molecule has 3 rings (SSSR count). The monoisotopic (exact) mass is 229 g/mol. The number of amides is 1. The lowest BCUT2D eigenvalue weighted by atomic mass is 10.1. The first-order valence-electron chi connectivity index (χ1n) is 6.14. The highest BCUT2D eigenvalue weighted by Crippen LogP contribution is 2.30. The molecule has 2 aliphatic rings. The molecule has 1 aliphatic heterocycles. The number of fused-ring (bicyclic) bond motifs is 1. The normalized spacial score (nSPS) is 23.4. The van der Waals surface area contributed by atoms with Gasteiger partial charge < -0.3 is 4.90 Å². The van der Waals surface area contributed by atoms with E-state index < -0.39 is 0 Å². The molecule has 1 aromatic carbocycles. The van der Waals surface area contributed by atoms with E-state index in [1.165, 1.54) is 0 Å². The summed E-state index contributed by atoms with van der Waals surface area (Å²) in [5, 5.41) is 0. The summed E-state index contributed by atoms with van der Waals surface area (Å²) in [5.41, 5.74) is 2.89. The fraction of sp³-hybridized carbons (Fsp3) is 0.429. The predicted octanol–water partition coefficient (Wildman–Crippen LogP) is 2.19. The quantitative estimate of drug-likeness (QED) is 0.740. The summed E-state index contributed by atoms with van der Waals surface area (Å²) in [6.45, 7) is 2.77.